The first-order valence-electron chi connectivity index (χ1n) is 5.68. The predicted molar refractivity (Wildman–Crippen MR) is 71.4 cm³/mol. The maximum absolute atomic E-state index is 5.85. The Balaban J connectivity index is 1.78. The summed E-state index contributed by atoms with van der Waals surface area (Å²) in [5.74, 6) is 1.53. The molecule has 0 spiro atoms. The van der Waals surface area contributed by atoms with Crippen molar-refractivity contribution in [3.8, 4) is 11.5 Å². The summed E-state index contributed by atoms with van der Waals surface area (Å²) in [5, 5.41) is 0.663. The molecule has 0 aliphatic heterocycles. The predicted octanol–water partition coefficient (Wildman–Crippen LogP) is 3.50. The van der Waals surface area contributed by atoms with Gasteiger partial charge in [0, 0.05) is 11.2 Å². The van der Waals surface area contributed by atoms with Gasteiger partial charge in [-0.3, -0.25) is 4.98 Å². The molecule has 0 saturated carbocycles. The molecule has 0 radical (unpaired) electrons. The lowest BCUT2D eigenvalue weighted by molar-refractivity contribution is 0.216. The second kappa shape index (κ2) is 6.26. The summed E-state index contributed by atoms with van der Waals surface area (Å²) < 4.78 is 11.1. The standard InChI is InChI=1S/C14H14ClNO2/c1-11-14(6-3-7-16-11)18-9-8-17-13-5-2-4-12(15)10-13/h2-7,10H,8-9H2,1H3. The molecule has 0 unspecified atom stereocenters. The van der Waals surface area contributed by atoms with E-state index in [2.05, 4.69) is 4.98 Å². The van der Waals surface area contributed by atoms with Crippen LogP contribution in [-0.4, -0.2) is 18.2 Å². The third-order valence-electron chi connectivity index (χ3n) is 2.36. The molecule has 1 aromatic carbocycles. The van der Waals surface area contributed by atoms with Gasteiger partial charge in [0.05, 0.1) is 5.69 Å². The molecule has 2 rings (SSSR count). The second-order valence-electron chi connectivity index (χ2n) is 3.74. The number of nitrogens with zero attached hydrogens (tertiary/aromatic N) is 1. The molecule has 1 aromatic heterocycles. The summed E-state index contributed by atoms with van der Waals surface area (Å²) in [5.41, 5.74) is 0.875. The molecule has 0 N–H and O–H groups in total. The lowest BCUT2D eigenvalue weighted by atomic mass is 10.3. The summed E-state index contributed by atoms with van der Waals surface area (Å²) in [7, 11) is 0. The smallest absolute Gasteiger partial charge is 0.140 e. The maximum atomic E-state index is 5.85. The van der Waals surface area contributed by atoms with Crippen molar-refractivity contribution in [1.29, 1.82) is 0 Å². The van der Waals surface area contributed by atoms with E-state index in [0.717, 1.165) is 17.2 Å². The van der Waals surface area contributed by atoms with E-state index in [1.54, 1.807) is 12.3 Å². The van der Waals surface area contributed by atoms with Crippen molar-refractivity contribution in [2.75, 3.05) is 13.2 Å². The van der Waals surface area contributed by atoms with Crippen LogP contribution in [0.2, 0.25) is 5.02 Å². The summed E-state index contributed by atoms with van der Waals surface area (Å²) in [4.78, 5) is 4.14. The molecule has 94 valence electrons. The normalized spacial score (nSPS) is 10.1. The molecule has 0 aliphatic carbocycles. The molecule has 0 amide bonds. The Hall–Kier alpha value is -1.74. The highest BCUT2D eigenvalue weighted by Crippen LogP contribution is 2.17. The largest absolute Gasteiger partial charge is 0.490 e. The minimum Gasteiger partial charge on any atom is -0.490 e. The van der Waals surface area contributed by atoms with Crippen LogP contribution in [-0.2, 0) is 0 Å². The topological polar surface area (TPSA) is 31.4 Å². The first-order valence-corrected chi connectivity index (χ1v) is 6.06. The fraction of sp³-hybridized carbons (Fsp3) is 0.214. The Morgan fingerprint density at radius 1 is 1.11 bits per heavy atom. The van der Waals surface area contributed by atoms with Crippen molar-refractivity contribution in [3.05, 3.63) is 53.3 Å². The zero-order valence-electron chi connectivity index (χ0n) is 10.1. The van der Waals surface area contributed by atoms with E-state index in [9.17, 15) is 0 Å². The second-order valence-corrected chi connectivity index (χ2v) is 4.18. The van der Waals surface area contributed by atoms with Gasteiger partial charge in [0.15, 0.2) is 0 Å². The molecule has 2 aromatic rings. The van der Waals surface area contributed by atoms with Gasteiger partial charge in [-0.05, 0) is 37.3 Å². The van der Waals surface area contributed by atoms with Gasteiger partial charge in [-0.25, -0.2) is 0 Å². The van der Waals surface area contributed by atoms with Crippen molar-refractivity contribution in [2.24, 2.45) is 0 Å². The van der Waals surface area contributed by atoms with Crippen LogP contribution in [0, 0.1) is 6.92 Å². The molecule has 18 heavy (non-hydrogen) atoms. The Kier molecular flexibility index (Phi) is 4.42. The SMILES string of the molecule is Cc1ncccc1OCCOc1cccc(Cl)c1. The van der Waals surface area contributed by atoms with E-state index in [1.807, 2.05) is 37.3 Å². The van der Waals surface area contributed by atoms with Crippen molar-refractivity contribution < 1.29 is 9.47 Å². The molecule has 0 fully saturated rings. The molecule has 1 heterocycles. The Morgan fingerprint density at radius 3 is 2.72 bits per heavy atom. The van der Waals surface area contributed by atoms with Crippen LogP contribution in [0.5, 0.6) is 11.5 Å². The minimum absolute atomic E-state index is 0.467. The molecular weight excluding hydrogens is 250 g/mol. The van der Waals surface area contributed by atoms with Crippen molar-refractivity contribution in [2.45, 2.75) is 6.92 Å². The number of aryl methyl sites for hydroxylation is 1. The van der Waals surface area contributed by atoms with Gasteiger partial charge in [0.1, 0.15) is 24.7 Å². The molecule has 0 atom stereocenters. The minimum atomic E-state index is 0.467. The number of halogens is 1. The summed E-state index contributed by atoms with van der Waals surface area (Å²) in [6.07, 6.45) is 1.74. The van der Waals surface area contributed by atoms with Gasteiger partial charge in [0.2, 0.25) is 0 Å². The molecule has 0 bridgehead atoms. The Morgan fingerprint density at radius 2 is 1.94 bits per heavy atom. The van der Waals surface area contributed by atoms with Gasteiger partial charge in [-0.15, -0.1) is 0 Å². The molecule has 0 saturated heterocycles. The van der Waals surface area contributed by atoms with Crippen LogP contribution in [0.25, 0.3) is 0 Å². The number of hydrogen-bond acceptors (Lipinski definition) is 3. The lowest BCUT2D eigenvalue weighted by Crippen LogP contribution is -2.09. The van der Waals surface area contributed by atoms with Crippen LogP contribution in [0.3, 0.4) is 0 Å². The zero-order chi connectivity index (χ0) is 12.8. The number of benzene rings is 1. The third kappa shape index (κ3) is 3.64. The van der Waals surface area contributed by atoms with E-state index < -0.39 is 0 Å². The van der Waals surface area contributed by atoms with Gasteiger partial charge in [-0.2, -0.15) is 0 Å². The van der Waals surface area contributed by atoms with Gasteiger partial charge in [-0.1, -0.05) is 17.7 Å². The monoisotopic (exact) mass is 263 g/mol. The average molecular weight is 264 g/mol. The number of rotatable bonds is 5. The van der Waals surface area contributed by atoms with E-state index in [4.69, 9.17) is 21.1 Å². The van der Waals surface area contributed by atoms with E-state index in [1.165, 1.54) is 0 Å². The first-order chi connectivity index (χ1) is 8.75. The Labute approximate surface area is 111 Å². The number of aromatic nitrogens is 1. The Bertz CT molecular complexity index is 517. The average Bonchev–Trinajstić information content (AvgIpc) is 2.37. The quantitative estimate of drug-likeness (QED) is 0.774. The fourth-order valence-electron chi connectivity index (χ4n) is 1.49. The lowest BCUT2D eigenvalue weighted by Gasteiger charge is -2.09. The van der Waals surface area contributed by atoms with Crippen LogP contribution < -0.4 is 9.47 Å². The first kappa shape index (κ1) is 12.7. The van der Waals surface area contributed by atoms with Crippen molar-refractivity contribution in [3.63, 3.8) is 0 Å². The van der Waals surface area contributed by atoms with Crippen molar-refractivity contribution in [1.82, 2.24) is 4.98 Å². The van der Waals surface area contributed by atoms with Gasteiger partial charge >= 0.3 is 0 Å². The number of ether oxygens (including phenoxy) is 2. The van der Waals surface area contributed by atoms with Crippen molar-refractivity contribution >= 4 is 11.6 Å². The van der Waals surface area contributed by atoms with Gasteiger partial charge in [0.25, 0.3) is 0 Å². The van der Waals surface area contributed by atoms with Crippen LogP contribution in [0.4, 0.5) is 0 Å². The van der Waals surface area contributed by atoms with E-state index in [-0.39, 0.29) is 0 Å². The van der Waals surface area contributed by atoms with Crippen LogP contribution in [0.1, 0.15) is 5.69 Å². The highest BCUT2D eigenvalue weighted by atomic mass is 35.5. The highest BCUT2D eigenvalue weighted by molar-refractivity contribution is 6.30. The maximum Gasteiger partial charge on any atom is 0.140 e. The summed E-state index contributed by atoms with van der Waals surface area (Å²) in [6.45, 7) is 2.85. The van der Waals surface area contributed by atoms with Gasteiger partial charge < -0.3 is 9.47 Å². The fourth-order valence-corrected chi connectivity index (χ4v) is 1.67. The molecule has 4 heteroatoms. The van der Waals surface area contributed by atoms with E-state index in [0.29, 0.717) is 18.2 Å². The zero-order valence-corrected chi connectivity index (χ0v) is 10.9. The van der Waals surface area contributed by atoms with Crippen LogP contribution >= 0.6 is 11.6 Å². The number of pyridine rings is 1. The third-order valence-corrected chi connectivity index (χ3v) is 2.60. The summed E-state index contributed by atoms with van der Waals surface area (Å²) in [6, 6.07) is 11.0. The van der Waals surface area contributed by atoms with E-state index >= 15 is 0 Å². The summed E-state index contributed by atoms with van der Waals surface area (Å²) >= 11 is 5.85. The molecule has 3 nitrogen and oxygen atoms in total. The number of hydrogen-bond donors (Lipinski definition) is 0. The van der Waals surface area contributed by atoms with Crippen LogP contribution in [0.15, 0.2) is 42.6 Å². The molecule has 0 aliphatic rings. The highest BCUT2D eigenvalue weighted by Gasteiger charge is 1.99. The molecular formula is C14H14ClNO2.